The number of halogens is 20. The molecule has 12 aromatic rings. The zero-order valence-corrected chi connectivity index (χ0v) is 61.1. The van der Waals surface area contributed by atoms with Gasteiger partial charge in [0, 0.05) is 61.5 Å². The van der Waals surface area contributed by atoms with E-state index in [9.17, 15) is 52.7 Å². The summed E-state index contributed by atoms with van der Waals surface area (Å²) in [5.41, 5.74) is -8.38. The minimum atomic E-state index is -4.09. The third-order valence-electron chi connectivity index (χ3n) is 22.0. The van der Waals surface area contributed by atoms with Gasteiger partial charge in [-0.05, 0) is 60.7 Å². The molecule has 0 amide bonds. The largest absolute Gasteiger partial charge is 0.508 e. The molecule has 110 heavy (non-hydrogen) atoms. The van der Waals surface area contributed by atoms with Crippen molar-refractivity contribution in [1.82, 2.24) is 0 Å². The maximum atomic E-state index is 15.8. The van der Waals surface area contributed by atoms with Crippen LogP contribution in [-0.2, 0) is 10.8 Å². The summed E-state index contributed by atoms with van der Waals surface area (Å²) in [7, 11) is -3.28. The summed E-state index contributed by atoms with van der Waals surface area (Å²) in [4.78, 5) is 0. The molecule has 0 radical (unpaired) electrons. The minimum absolute atomic E-state index is 0.265. The molecule has 2 aliphatic rings. The van der Waals surface area contributed by atoms with Crippen molar-refractivity contribution in [3.05, 3.63) is 333 Å². The average Bonchev–Trinajstić information content (AvgIpc) is 0.711. The molecule has 0 aromatic heterocycles. The normalized spacial score (nSPS) is 13.4. The van der Waals surface area contributed by atoms with Crippen LogP contribution in [0.5, 0.6) is 23.0 Å². The third kappa shape index (κ3) is 12.2. The summed E-state index contributed by atoms with van der Waals surface area (Å²) in [5, 5.41) is 9.75. The van der Waals surface area contributed by atoms with E-state index >= 15 is 35.1 Å². The van der Waals surface area contributed by atoms with Gasteiger partial charge in [0.25, 0.3) is 0 Å². The summed E-state index contributed by atoms with van der Waals surface area (Å²) in [5.74, 6) is -49.9. The van der Waals surface area contributed by atoms with Crippen molar-refractivity contribution in [2.75, 3.05) is 14.1 Å². The second kappa shape index (κ2) is 29.9. The first kappa shape index (κ1) is 78.0. The lowest BCUT2D eigenvalue weighted by Crippen LogP contribution is -2.84. The molecule has 14 rings (SSSR count). The fraction of sp³-hybridized carbons (Fsp3) is 0.100. The highest BCUT2D eigenvalue weighted by Crippen LogP contribution is 2.60. The number of ether oxygens (including phenoxy) is 2. The molecule has 0 saturated heterocycles. The Kier molecular flexibility index (Phi) is 21.2. The molecule has 0 fully saturated rings. The van der Waals surface area contributed by atoms with Crippen LogP contribution in [0.1, 0.15) is 49.9 Å². The van der Waals surface area contributed by atoms with Crippen LogP contribution in [0, 0.1) is 116 Å². The fourth-order valence-corrected chi connectivity index (χ4v) is 26.8. The number of rotatable bonds is 16. The van der Waals surface area contributed by atoms with E-state index in [0.717, 1.165) is 44.0 Å². The summed E-state index contributed by atoms with van der Waals surface area (Å²) in [6.07, 6.45) is 0. The van der Waals surface area contributed by atoms with Gasteiger partial charge in [0.05, 0.1) is 46.1 Å². The smallest absolute Gasteiger partial charge is 0.350 e. The van der Waals surface area contributed by atoms with Gasteiger partial charge in [-0.25, -0.2) is 87.8 Å². The molecule has 4 N–H and O–H groups in total. The molecule has 0 bridgehead atoms. The van der Waals surface area contributed by atoms with E-state index in [-0.39, 0.29) is 34.1 Å². The first-order valence-corrected chi connectivity index (χ1v) is 39.4. The number of hydrogen-bond acceptors (Lipinski definition) is 2. The van der Waals surface area contributed by atoms with E-state index in [2.05, 4.69) is 10.5 Å². The van der Waals surface area contributed by atoms with E-state index in [1.807, 2.05) is 172 Å². The van der Waals surface area contributed by atoms with Gasteiger partial charge in [0.15, 0.2) is 81.3 Å². The van der Waals surface area contributed by atoms with E-state index < -0.39 is 202 Å². The quantitative estimate of drug-likeness (QED) is 0.0333. The Morgan fingerprint density at radius 3 is 0.673 bits per heavy atom. The third-order valence-corrected chi connectivity index (χ3v) is 32.5. The molecule has 564 valence electrons. The van der Waals surface area contributed by atoms with Crippen molar-refractivity contribution in [3.63, 3.8) is 0 Å². The summed E-state index contributed by atoms with van der Waals surface area (Å²) in [6.45, 7) is -1.04. The van der Waals surface area contributed by atoms with Gasteiger partial charge >= 0.3 is 14.3 Å². The molecule has 0 unspecified atom stereocenters. The lowest BCUT2D eigenvalue weighted by molar-refractivity contribution is -0.475. The maximum absolute atomic E-state index is 15.8. The van der Waals surface area contributed by atoms with Crippen LogP contribution in [0.15, 0.2) is 194 Å². The number of quaternary nitrogens is 2. The molecule has 0 aliphatic carbocycles. The van der Waals surface area contributed by atoms with Crippen LogP contribution in [0.25, 0.3) is 0 Å². The Bertz CT molecular complexity index is 4990. The van der Waals surface area contributed by atoms with Crippen molar-refractivity contribution in [2.24, 2.45) is 0 Å². The highest BCUT2D eigenvalue weighted by Gasteiger charge is 2.51. The molecule has 0 atom stereocenters. The second-order valence-electron chi connectivity index (χ2n) is 28.6. The lowest BCUT2D eigenvalue weighted by Gasteiger charge is -2.41. The van der Waals surface area contributed by atoms with Crippen molar-refractivity contribution >= 4 is 107 Å². The van der Waals surface area contributed by atoms with Crippen LogP contribution >= 0.6 is 14.3 Å². The SMILES string of the molecule is C[NH2+][BH2-][P+](c1ccccc1)(c1ccccc1)c1cccc2c1Oc1c([BH-](c3c(F)c(F)c(F)c(F)c3F)c3c(F)c(F)c(F)c(F)c3F)cccc1C2(C)C.C[NH2+][BH2-][P+](c1ccccc1)(c1ccccc1)c1cccc2c1Oc1c([BH-](c3c(F)c(F)c(F)c(F)c3F)c3c(F)c(F)c(F)c(F)c3F)cccc1C2(C)C. The molecular formula is C80H60B4F20N2O2P2. The summed E-state index contributed by atoms with van der Waals surface area (Å²) >= 11 is 0. The zero-order valence-electron chi connectivity index (χ0n) is 59.3. The van der Waals surface area contributed by atoms with Crippen LogP contribution in [0.2, 0.25) is 0 Å². The van der Waals surface area contributed by atoms with Crippen molar-refractivity contribution in [3.8, 4) is 23.0 Å². The molecule has 30 heteroatoms. The maximum Gasteiger partial charge on any atom is 0.350 e. The molecular weight excluding hydrogens is 1510 g/mol. The van der Waals surface area contributed by atoms with E-state index in [1.165, 1.54) is 12.1 Å². The van der Waals surface area contributed by atoms with Crippen molar-refractivity contribution in [1.29, 1.82) is 0 Å². The first-order valence-electron chi connectivity index (χ1n) is 34.9. The number of benzene rings is 12. The van der Waals surface area contributed by atoms with Crippen molar-refractivity contribution < 1.29 is 108 Å². The number of para-hydroxylation sites is 4. The standard InChI is InChI=1S/2C40H30B2F10NOP/c2*1-40(2)22-16-10-18-24(42(26-28(43)32(47)36(51)33(48)29(26)44)27-30(45)34(49)37(52)35(50)31(27)46)38(22)54-39-23(40)17-11-19-25(39)55(41-53-3,20-12-6-4-7-13-20)21-14-8-5-9-15-21/h2*4-19,42H,41,53H2,1-3H3. The van der Waals surface area contributed by atoms with Crippen LogP contribution in [0.4, 0.5) is 87.8 Å². The first-order chi connectivity index (χ1) is 52.4. The zero-order chi connectivity index (χ0) is 79.1. The second-order valence-corrected chi connectivity index (χ2v) is 36.7. The van der Waals surface area contributed by atoms with Gasteiger partial charge in [0.2, 0.25) is 0 Å². The van der Waals surface area contributed by atoms with Gasteiger partial charge in [-0.3, -0.25) is 0 Å². The number of hydrogen-bond donors (Lipinski definition) is 2. The fourth-order valence-electron chi connectivity index (χ4n) is 16.8. The molecule has 12 aromatic carbocycles. The summed E-state index contributed by atoms with van der Waals surface area (Å²) < 4.78 is 317. The lowest BCUT2D eigenvalue weighted by atomic mass is 9.35. The highest BCUT2D eigenvalue weighted by molar-refractivity contribution is 8.16. The van der Waals surface area contributed by atoms with E-state index in [0.29, 0.717) is 11.1 Å². The van der Waals surface area contributed by atoms with Gasteiger partial charge in [-0.15, -0.1) is 21.9 Å². The Morgan fingerprint density at radius 1 is 0.255 bits per heavy atom. The Balaban J connectivity index is 0.000000193. The van der Waals surface area contributed by atoms with Gasteiger partial charge < -0.3 is 19.9 Å². The van der Waals surface area contributed by atoms with Crippen LogP contribution in [-0.4, -0.2) is 41.8 Å². The minimum Gasteiger partial charge on any atom is -0.508 e. The van der Waals surface area contributed by atoms with Gasteiger partial charge in [0.1, 0.15) is 57.1 Å². The van der Waals surface area contributed by atoms with Gasteiger partial charge in [-0.1, -0.05) is 161 Å². The Labute approximate surface area is 619 Å². The molecule has 0 saturated carbocycles. The van der Waals surface area contributed by atoms with E-state index in [4.69, 9.17) is 9.47 Å². The van der Waals surface area contributed by atoms with Crippen LogP contribution in [0.3, 0.4) is 0 Å². The van der Waals surface area contributed by atoms with E-state index in [1.54, 1.807) is 39.8 Å². The van der Waals surface area contributed by atoms with Crippen LogP contribution < -0.4 is 84.5 Å². The summed E-state index contributed by atoms with van der Waals surface area (Å²) in [6, 6.07) is 57.8. The Morgan fingerprint density at radius 2 is 0.455 bits per heavy atom. The number of nitrogens with two attached hydrogens (primary N) is 2. The predicted octanol–water partition coefficient (Wildman–Crippen LogP) is 10.5. The van der Waals surface area contributed by atoms with Crippen molar-refractivity contribution in [2.45, 2.75) is 38.5 Å². The average molecular weight is 1570 g/mol. The molecule has 0 spiro atoms. The van der Waals surface area contributed by atoms with Gasteiger partial charge in [-0.2, -0.15) is 10.9 Å². The highest BCUT2D eigenvalue weighted by atomic mass is 31.2. The predicted molar refractivity (Wildman–Crippen MR) is 397 cm³/mol. The molecule has 2 heterocycles. The molecule has 2 aliphatic heterocycles. The topological polar surface area (TPSA) is 51.7 Å². The Hall–Kier alpha value is -10.1. The molecule has 4 nitrogen and oxygen atoms in total. The monoisotopic (exact) mass is 1570 g/mol. The number of fused-ring (bicyclic) bond motifs is 4.